The minimum Gasteiger partial charge on any atom is -0.262 e. The molecular weight excluding hydrogens is 352 g/mol. The van der Waals surface area contributed by atoms with Crippen molar-refractivity contribution in [3.63, 3.8) is 0 Å². The average Bonchev–Trinajstić information content (AvgIpc) is 2.55. The number of anilines is 1. The van der Waals surface area contributed by atoms with Crippen LogP contribution in [0.25, 0.3) is 0 Å². The second-order valence-electron chi connectivity index (χ2n) is 4.98. The fraction of sp³-hybridized carbons (Fsp3) is 0.125. The first kappa shape index (κ1) is 18.0. The van der Waals surface area contributed by atoms with E-state index < -0.39 is 20.6 Å². The zero-order chi connectivity index (χ0) is 17.9. The number of rotatable bonds is 6. The number of hydrogen-bond donors (Lipinski definition) is 0. The minimum absolute atomic E-state index is 0.0478. The van der Waals surface area contributed by atoms with Crippen molar-refractivity contribution in [2.45, 2.75) is 11.8 Å². The van der Waals surface area contributed by atoms with Crippen LogP contribution in [0.4, 0.5) is 11.4 Å². The number of para-hydroxylation sites is 1. The molecule has 0 atom stereocenters. The first-order valence-electron chi connectivity index (χ1n) is 6.92. The summed E-state index contributed by atoms with van der Waals surface area (Å²) in [6.45, 7) is 5.30. The lowest BCUT2D eigenvalue weighted by atomic mass is 10.2. The molecule has 8 heteroatoms. The van der Waals surface area contributed by atoms with Gasteiger partial charge < -0.3 is 0 Å². The summed E-state index contributed by atoms with van der Waals surface area (Å²) in [5, 5.41) is 11.6. The van der Waals surface area contributed by atoms with E-state index >= 15 is 0 Å². The van der Waals surface area contributed by atoms with Gasteiger partial charge in [-0.2, -0.15) is 0 Å². The number of nitro benzene ring substituents is 1. The van der Waals surface area contributed by atoms with Crippen molar-refractivity contribution in [2.75, 3.05) is 10.8 Å². The van der Waals surface area contributed by atoms with Gasteiger partial charge in [-0.3, -0.25) is 14.4 Å². The summed E-state index contributed by atoms with van der Waals surface area (Å²) in [6, 6.07) is 10.00. The van der Waals surface area contributed by atoms with Gasteiger partial charge in [0.2, 0.25) is 0 Å². The van der Waals surface area contributed by atoms with Crippen LogP contribution in [0.1, 0.15) is 5.56 Å². The van der Waals surface area contributed by atoms with Crippen LogP contribution in [0.3, 0.4) is 0 Å². The van der Waals surface area contributed by atoms with E-state index in [2.05, 4.69) is 6.58 Å². The van der Waals surface area contributed by atoms with Crippen LogP contribution in [0.2, 0.25) is 5.02 Å². The lowest BCUT2D eigenvalue weighted by Crippen LogP contribution is -2.31. The zero-order valence-corrected chi connectivity index (χ0v) is 14.4. The maximum atomic E-state index is 13.0. The molecule has 126 valence electrons. The van der Waals surface area contributed by atoms with Crippen LogP contribution in [0, 0.1) is 17.0 Å². The molecule has 0 fully saturated rings. The lowest BCUT2D eigenvalue weighted by molar-refractivity contribution is -0.387. The molecule has 0 amide bonds. The molecule has 24 heavy (non-hydrogen) atoms. The first-order valence-corrected chi connectivity index (χ1v) is 8.74. The standard InChI is InChI=1S/C16H15ClN2O4S/c1-3-10-18(13-9-8-12(2)14(17)11-13)24(22,23)16-7-5-4-6-15(16)19(20)21/h3-9,11H,1,10H2,2H3. The van der Waals surface area contributed by atoms with Crippen LogP contribution < -0.4 is 4.31 Å². The molecule has 2 aromatic carbocycles. The van der Waals surface area contributed by atoms with Crippen LogP contribution in [0.15, 0.2) is 60.0 Å². The highest BCUT2D eigenvalue weighted by atomic mass is 35.5. The van der Waals surface area contributed by atoms with Gasteiger partial charge in [0.05, 0.1) is 17.2 Å². The van der Waals surface area contributed by atoms with Gasteiger partial charge in [0.1, 0.15) is 0 Å². The Hall–Kier alpha value is -2.38. The molecule has 0 N–H and O–H groups in total. The van der Waals surface area contributed by atoms with Gasteiger partial charge in [0.25, 0.3) is 15.7 Å². The molecule has 0 bridgehead atoms. The van der Waals surface area contributed by atoms with Crippen molar-refractivity contribution in [3.05, 3.63) is 75.8 Å². The Morgan fingerprint density at radius 3 is 2.54 bits per heavy atom. The number of halogens is 1. The average molecular weight is 367 g/mol. The van der Waals surface area contributed by atoms with Gasteiger partial charge in [-0.05, 0) is 30.7 Å². The summed E-state index contributed by atoms with van der Waals surface area (Å²) < 4.78 is 27.0. The molecule has 6 nitrogen and oxygen atoms in total. The maximum absolute atomic E-state index is 13.0. The number of aryl methyl sites for hydroxylation is 1. The fourth-order valence-corrected chi connectivity index (χ4v) is 3.90. The molecule has 2 rings (SSSR count). The van der Waals surface area contributed by atoms with Gasteiger partial charge in [-0.25, -0.2) is 8.42 Å². The van der Waals surface area contributed by atoms with E-state index in [1.54, 1.807) is 19.1 Å². The van der Waals surface area contributed by atoms with Crippen molar-refractivity contribution in [1.29, 1.82) is 0 Å². The third-order valence-electron chi connectivity index (χ3n) is 3.37. The van der Waals surface area contributed by atoms with E-state index in [1.807, 2.05) is 0 Å². The minimum atomic E-state index is -4.16. The largest absolute Gasteiger partial charge is 0.289 e. The Kier molecular flexibility index (Phi) is 5.26. The second-order valence-corrected chi connectivity index (χ2v) is 7.22. The second kappa shape index (κ2) is 7.02. The summed E-state index contributed by atoms with van der Waals surface area (Å²) in [7, 11) is -4.16. The van der Waals surface area contributed by atoms with Crippen molar-refractivity contribution < 1.29 is 13.3 Å². The van der Waals surface area contributed by atoms with E-state index in [9.17, 15) is 18.5 Å². The molecule has 0 aliphatic heterocycles. The topological polar surface area (TPSA) is 80.5 Å². The molecule has 0 aliphatic rings. The van der Waals surface area contributed by atoms with Crippen LogP contribution in [-0.2, 0) is 10.0 Å². The smallest absolute Gasteiger partial charge is 0.262 e. The van der Waals surface area contributed by atoms with Crippen molar-refractivity contribution >= 4 is 33.0 Å². The molecule has 2 aromatic rings. The highest BCUT2D eigenvalue weighted by molar-refractivity contribution is 7.93. The Morgan fingerprint density at radius 1 is 1.29 bits per heavy atom. The van der Waals surface area contributed by atoms with Crippen LogP contribution in [0.5, 0.6) is 0 Å². The Bertz CT molecular complexity index is 897. The zero-order valence-electron chi connectivity index (χ0n) is 12.8. The molecule has 0 spiro atoms. The van der Waals surface area contributed by atoms with E-state index in [4.69, 9.17) is 11.6 Å². The number of sulfonamides is 1. The van der Waals surface area contributed by atoms with E-state index in [1.165, 1.54) is 30.3 Å². The maximum Gasteiger partial charge on any atom is 0.289 e. The summed E-state index contributed by atoms with van der Waals surface area (Å²) in [5.41, 5.74) is 0.621. The number of hydrogen-bond acceptors (Lipinski definition) is 4. The van der Waals surface area contributed by atoms with Crippen molar-refractivity contribution in [2.24, 2.45) is 0 Å². The van der Waals surface area contributed by atoms with Gasteiger partial charge in [0.15, 0.2) is 4.90 Å². The normalized spacial score (nSPS) is 11.1. The highest BCUT2D eigenvalue weighted by Crippen LogP contribution is 2.31. The SMILES string of the molecule is C=CCN(c1ccc(C)c(Cl)c1)S(=O)(=O)c1ccccc1[N+](=O)[O-]. The molecule has 0 aromatic heterocycles. The molecule has 0 aliphatic carbocycles. The summed E-state index contributed by atoms with van der Waals surface area (Å²) >= 11 is 6.08. The van der Waals surface area contributed by atoms with Gasteiger partial charge in [-0.15, -0.1) is 6.58 Å². The molecule has 0 saturated carbocycles. The lowest BCUT2D eigenvalue weighted by Gasteiger charge is -2.23. The molecular formula is C16H15ClN2O4S. The van der Waals surface area contributed by atoms with Crippen LogP contribution >= 0.6 is 11.6 Å². The predicted octanol–water partition coefficient (Wildman–Crippen LogP) is 3.94. The third-order valence-corrected chi connectivity index (χ3v) is 5.62. The first-order chi connectivity index (χ1) is 11.3. The molecule has 0 radical (unpaired) electrons. The number of nitrogens with zero attached hydrogens (tertiary/aromatic N) is 2. The monoisotopic (exact) mass is 366 g/mol. The Balaban J connectivity index is 2.64. The Labute approximate surface area is 145 Å². The van der Waals surface area contributed by atoms with E-state index in [0.717, 1.165) is 15.9 Å². The van der Waals surface area contributed by atoms with Gasteiger partial charge >= 0.3 is 0 Å². The van der Waals surface area contributed by atoms with Gasteiger partial charge in [0, 0.05) is 11.1 Å². The summed E-state index contributed by atoms with van der Waals surface area (Å²) in [4.78, 5) is 10.1. The highest BCUT2D eigenvalue weighted by Gasteiger charge is 2.31. The Morgan fingerprint density at radius 2 is 1.96 bits per heavy atom. The van der Waals surface area contributed by atoms with E-state index in [-0.39, 0.29) is 11.4 Å². The van der Waals surface area contributed by atoms with E-state index in [0.29, 0.717) is 10.7 Å². The summed E-state index contributed by atoms with van der Waals surface area (Å²) in [6.07, 6.45) is 1.40. The molecule has 0 unspecified atom stereocenters. The summed E-state index contributed by atoms with van der Waals surface area (Å²) in [5.74, 6) is 0. The van der Waals surface area contributed by atoms with Gasteiger partial charge in [-0.1, -0.05) is 35.9 Å². The molecule has 0 heterocycles. The number of nitro groups is 1. The third kappa shape index (κ3) is 3.42. The number of benzene rings is 2. The van der Waals surface area contributed by atoms with Crippen molar-refractivity contribution in [1.82, 2.24) is 0 Å². The van der Waals surface area contributed by atoms with Crippen LogP contribution in [-0.4, -0.2) is 19.9 Å². The van der Waals surface area contributed by atoms with Crippen molar-refractivity contribution in [3.8, 4) is 0 Å². The fourth-order valence-electron chi connectivity index (χ4n) is 2.14. The predicted molar refractivity (Wildman–Crippen MR) is 94.0 cm³/mol. The molecule has 0 saturated heterocycles. The quantitative estimate of drug-likeness (QED) is 0.440.